The molecule has 0 bridgehead atoms. The minimum atomic E-state index is -3.96. The van der Waals surface area contributed by atoms with E-state index in [0.29, 0.717) is 11.4 Å². The second kappa shape index (κ2) is 7.96. The summed E-state index contributed by atoms with van der Waals surface area (Å²) in [5.41, 5.74) is -0.384. The van der Waals surface area contributed by atoms with Crippen LogP contribution < -0.4 is 20.3 Å². The summed E-state index contributed by atoms with van der Waals surface area (Å²) in [4.78, 5) is 24.5. The van der Waals surface area contributed by atoms with E-state index in [1.54, 1.807) is 42.5 Å². The molecule has 2 aromatic carbocycles. The highest BCUT2D eigenvalue weighted by Gasteiger charge is 2.26. The summed E-state index contributed by atoms with van der Waals surface area (Å²) in [5, 5.41) is 0. The lowest BCUT2D eigenvalue weighted by atomic mass is 10.3. The maximum atomic E-state index is 13.4. The SMILES string of the molecule is COc1ccc(N(Cc2cc(=O)n(C)c(=O)n2C)S(=O)(=O)c2ccccc2)cc1. The van der Waals surface area contributed by atoms with Crippen LogP contribution in [-0.2, 0) is 30.7 Å². The van der Waals surface area contributed by atoms with E-state index in [1.165, 1.54) is 44.0 Å². The van der Waals surface area contributed by atoms with Gasteiger partial charge in [0.05, 0.1) is 24.2 Å². The van der Waals surface area contributed by atoms with E-state index >= 15 is 0 Å². The van der Waals surface area contributed by atoms with E-state index in [9.17, 15) is 18.0 Å². The Labute approximate surface area is 168 Å². The van der Waals surface area contributed by atoms with Gasteiger partial charge in [0.1, 0.15) is 5.75 Å². The Bertz CT molecular complexity index is 1230. The van der Waals surface area contributed by atoms with Crippen LogP contribution in [0.5, 0.6) is 5.75 Å². The maximum Gasteiger partial charge on any atom is 0.330 e. The van der Waals surface area contributed by atoms with Crippen molar-refractivity contribution in [1.29, 1.82) is 0 Å². The van der Waals surface area contributed by atoms with Gasteiger partial charge in [0.15, 0.2) is 0 Å². The fourth-order valence-electron chi connectivity index (χ4n) is 2.86. The predicted molar refractivity (Wildman–Crippen MR) is 110 cm³/mol. The van der Waals surface area contributed by atoms with Gasteiger partial charge in [-0.2, -0.15) is 0 Å². The Morgan fingerprint density at radius 3 is 2.14 bits per heavy atom. The number of sulfonamides is 1. The molecule has 0 atom stereocenters. The van der Waals surface area contributed by atoms with Gasteiger partial charge >= 0.3 is 5.69 Å². The van der Waals surface area contributed by atoms with Crippen LogP contribution in [0.2, 0.25) is 0 Å². The minimum Gasteiger partial charge on any atom is -0.497 e. The average Bonchev–Trinajstić information content (AvgIpc) is 2.74. The van der Waals surface area contributed by atoms with Gasteiger partial charge in [-0.05, 0) is 36.4 Å². The average molecular weight is 415 g/mol. The molecule has 1 heterocycles. The number of methoxy groups -OCH3 is 1. The second-order valence-corrected chi connectivity index (χ2v) is 8.26. The Kier molecular flexibility index (Phi) is 5.60. The second-order valence-electron chi connectivity index (χ2n) is 6.40. The first-order valence-corrected chi connectivity index (χ1v) is 10.2. The number of ether oxygens (including phenoxy) is 1. The van der Waals surface area contributed by atoms with Crippen molar-refractivity contribution in [2.45, 2.75) is 11.4 Å². The zero-order valence-electron chi connectivity index (χ0n) is 16.3. The van der Waals surface area contributed by atoms with Crippen LogP contribution in [0.25, 0.3) is 0 Å². The largest absolute Gasteiger partial charge is 0.497 e. The Morgan fingerprint density at radius 1 is 0.931 bits per heavy atom. The molecule has 0 saturated heterocycles. The van der Waals surface area contributed by atoms with Crippen molar-refractivity contribution in [2.24, 2.45) is 14.1 Å². The van der Waals surface area contributed by atoms with Gasteiger partial charge in [0, 0.05) is 25.9 Å². The van der Waals surface area contributed by atoms with Crippen LogP contribution in [0.4, 0.5) is 5.69 Å². The molecule has 0 amide bonds. The molecule has 0 spiro atoms. The number of nitrogens with zero attached hydrogens (tertiary/aromatic N) is 3. The first-order chi connectivity index (χ1) is 13.8. The van der Waals surface area contributed by atoms with Crippen molar-refractivity contribution in [3.05, 3.63) is 87.2 Å². The van der Waals surface area contributed by atoms with Gasteiger partial charge in [0.2, 0.25) is 0 Å². The summed E-state index contributed by atoms with van der Waals surface area (Å²) in [6, 6.07) is 15.7. The van der Waals surface area contributed by atoms with Crippen LogP contribution in [0, 0.1) is 0 Å². The topological polar surface area (TPSA) is 90.6 Å². The van der Waals surface area contributed by atoms with Crippen molar-refractivity contribution in [3.8, 4) is 5.75 Å². The molecule has 29 heavy (non-hydrogen) atoms. The van der Waals surface area contributed by atoms with Crippen LogP contribution in [0.1, 0.15) is 5.69 Å². The van der Waals surface area contributed by atoms with Gasteiger partial charge in [-0.3, -0.25) is 18.2 Å². The van der Waals surface area contributed by atoms with Crippen LogP contribution in [0.15, 0.2) is 75.1 Å². The fourth-order valence-corrected chi connectivity index (χ4v) is 4.32. The molecule has 0 aliphatic rings. The molecule has 3 rings (SSSR count). The molecule has 9 heteroatoms. The van der Waals surface area contributed by atoms with Crippen LogP contribution in [0.3, 0.4) is 0 Å². The van der Waals surface area contributed by atoms with Gasteiger partial charge in [-0.1, -0.05) is 18.2 Å². The molecule has 152 valence electrons. The maximum absolute atomic E-state index is 13.4. The number of aromatic nitrogens is 2. The predicted octanol–water partition coefficient (Wildman–Crippen LogP) is 1.49. The van der Waals surface area contributed by atoms with Crippen LogP contribution in [-0.4, -0.2) is 24.7 Å². The lowest BCUT2D eigenvalue weighted by Crippen LogP contribution is -2.40. The molecule has 0 aliphatic heterocycles. The Balaban J connectivity index is 2.16. The third-order valence-corrected chi connectivity index (χ3v) is 6.41. The van der Waals surface area contributed by atoms with E-state index in [0.717, 1.165) is 8.87 Å². The smallest absolute Gasteiger partial charge is 0.330 e. The summed E-state index contributed by atoms with van der Waals surface area (Å²) in [6.07, 6.45) is 0. The third kappa shape index (κ3) is 3.95. The van der Waals surface area contributed by atoms with Crippen molar-refractivity contribution in [2.75, 3.05) is 11.4 Å². The number of rotatable bonds is 6. The molecule has 0 aliphatic carbocycles. The molecule has 0 saturated carbocycles. The normalized spacial score (nSPS) is 11.3. The highest BCUT2D eigenvalue weighted by molar-refractivity contribution is 7.92. The molecular formula is C20H21N3O5S. The van der Waals surface area contributed by atoms with Gasteiger partial charge in [-0.25, -0.2) is 13.2 Å². The highest BCUT2D eigenvalue weighted by Crippen LogP contribution is 2.27. The minimum absolute atomic E-state index is 0.102. The van der Waals surface area contributed by atoms with E-state index in [1.807, 2.05) is 0 Å². The number of hydrogen-bond acceptors (Lipinski definition) is 5. The molecule has 0 fully saturated rings. The van der Waals surface area contributed by atoms with Gasteiger partial charge in [0.25, 0.3) is 15.6 Å². The number of hydrogen-bond donors (Lipinski definition) is 0. The summed E-state index contributed by atoms with van der Waals surface area (Å²) >= 11 is 0. The molecule has 0 N–H and O–H groups in total. The number of benzene rings is 2. The van der Waals surface area contributed by atoms with E-state index in [2.05, 4.69) is 0 Å². The van der Waals surface area contributed by atoms with E-state index < -0.39 is 21.3 Å². The lowest BCUT2D eigenvalue weighted by molar-refractivity contribution is 0.415. The first-order valence-electron chi connectivity index (χ1n) is 8.73. The molecule has 0 unspecified atom stereocenters. The number of anilines is 1. The molecule has 8 nitrogen and oxygen atoms in total. The molecular weight excluding hydrogens is 394 g/mol. The molecule has 0 radical (unpaired) electrons. The molecule has 1 aromatic heterocycles. The van der Waals surface area contributed by atoms with Crippen molar-refractivity contribution >= 4 is 15.7 Å². The summed E-state index contributed by atoms with van der Waals surface area (Å²) in [5.74, 6) is 0.576. The van der Waals surface area contributed by atoms with Crippen molar-refractivity contribution in [3.63, 3.8) is 0 Å². The third-order valence-electron chi connectivity index (χ3n) is 4.62. The summed E-state index contributed by atoms with van der Waals surface area (Å²) < 4.78 is 35.3. The Morgan fingerprint density at radius 2 is 1.55 bits per heavy atom. The Hall–Kier alpha value is -3.33. The lowest BCUT2D eigenvalue weighted by Gasteiger charge is -2.25. The monoisotopic (exact) mass is 415 g/mol. The van der Waals surface area contributed by atoms with Gasteiger partial charge < -0.3 is 4.74 Å². The summed E-state index contributed by atoms with van der Waals surface area (Å²) in [6.45, 7) is -0.189. The zero-order valence-corrected chi connectivity index (χ0v) is 17.1. The zero-order chi connectivity index (χ0) is 21.2. The van der Waals surface area contributed by atoms with E-state index in [-0.39, 0.29) is 17.1 Å². The highest BCUT2D eigenvalue weighted by atomic mass is 32.2. The fraction of sp³-hybridized carbons (Fsp3) is 0.200. The van der Waals surface area contributed by atoms with Crippen LogP contribution >= 0.6 is 0 Å². The van der Waals surface area contributed by atoms with Crippen molar-refractivity contribution < 1.29 is 13.2 Å². The van der Waals surface area contributed by atoms with E-state index in [4.69, 9.17) is 4.74 Å². The first kappa shape index (κ1) is 20.4. The quantitative estimate of drug-likeness (QED) is 0.608. The van der Waals surface area contributed by atoms with Crippen molar-refractivity contribution in [1.82, 2.24) is 9.13 Å². The molecule has 3 aromatic rings. The summed E-state index contributed by atoms with van der Waals surface area (Å²) in [7, 11) is 0.431. The van der Waals surface area contributed by atoms with Gasteiger partial charge in [-0.15, -0.1) is 0 Å². The standard InChI is InChI=1S/C20H21N3O5S/c1-21-16(13-19(24)22(2)20(21)25)14-23(15-9-11-17(28-3)12-10-15)29(26,27)18-7-5-4-6-8-18/h4-13H,14H2,1-3H3.